The summed E-state index contributed by atoms with van der Waals surface area (Å²) in [4.78, 5) is 2.08. The lowest BCUT2D eigenvalue weighted by Gasteiger charge is -2.14. The second-order valence-electron chi connectivity index (χ2n) is 3.23. The largest absolute Gasteiger partial charge is 0.409 e. The fraction of sp³-hybridized carbons (Fsp3) is 0.857. The molecule has 0 saturated heterocycles. The van der Waals surface area contributed by atoms with Crippen molar-refractivity contribution in [3.05, 3.63) is 0 Å². The minimum absolute atomic E-state index is 0.285. The Hall–Kier alpha value is -0.770. The molecule has 0 aliphatic heterocycles. The smallest absolute Gasteiger partial charge is 0.153 e. The third-order valence-electron chi connectivity index (χ3n) is 1.83. The molecule has 4 nitrogen and oxygen atoms in total. The maximum Gasteiger partial charge on any atom is 0.153 e. The van der Waals surface area contributed by atoms with E-state index in [-0.39, 0.29) is 5.84 Å². The standard InChI is InChI=1S/C7H15N3O/c1-10(4-6-2-3-6)5-7(8)9-11/h6,11H,2-5H2,1H3,(H2,8,9). The monoisotopic (exact) mass is 157 g/mol. The van der Waals surface area contributed by atoms with Crippen LogP contribution in [0.1, 0.15) is 12.8 Å². The number of likely N-dealkylation sites (N-methyl/N-ethyl adjacent to an activating group) is 1. The Labute approximate surface area is 66.7 Å². The van der Waals surface area contributed by atoms with Crippen molar-refractivity contribution in [2.45, 2.75) is 12.8 Å². The summed E-state index contributed by atoms with van der Waals surface area (Å²) >= 11 is 0. The van der Waals surface area contributed by atoms with Gasteiger partial charge in [-0.3, -0.25) is 4.90 Å². The quantitative estimate of drug-likeness (QED) is 0.263. The van der Waals surface area contributed by atoms with Crippen molar-refractivity contribution < 1.29 is 5.21 Å². The van der Waals surface area contributed by atoms with Gasteiger partial charge in [0.25, 0.3) is 0 Å². The predicted octanol–water partition coefficient (Wildman–Crippen LogP) is 0.0746. The molecule has 11 heavy (non-hydrogen) atoms. The van der Waals surface area contributed by atoms with Gasteiger partial charge in [-0.15, -0.1) is 0 Å². The molecule has 3 N–H and O–H groups in total. The molecular formula is C7H15N3O. The van der Waals surface area contributed by atoms with Crippen LogP contribution in [0.5, 0.6) is 0 Å². The first kappa shape index (κ1) is 8.33. The van der Waals surface area contributed by atoms with Gasteiger partial charge in [-0.1, -0.05) is 5.16 Å². The van der Waals surface area contributed by atoms with E-state index in [0.29, 0.717) is 6.54 Å². The van der Waals surface area contributed by atoms with Crippen LogP contribution in [0.15, 0.2) is 5.16 Å². The molecule has 0 bridgehead atoms. The SMILES string of the molecule is CN(C/C(N)=N/O)CC1CC1. The molecule has 0 spiro atoms. The first-order valence-corrected chi connectivity index (χ1v) is 3.87. The molecule has 0 atom stereocenters. The van der Waals surface area contributed by atoms with E-state index in [1.165, 1.54) is 12.8 Å². The highest BCUT2D eigenvalue weighted by molar-refractivity contribution is 5.81. The van der Waals surface area contributed by atoms with Gasteiger partial charge in [0, 0.05) is 6.54 Å². The van der Waals surface area contributed by atoms with E-state index >= 15 is 0 Å². The van der Waals surface area contributed by atoms with E-state index in [9.17, 15) is 0 Å². The van der Waals surface area contributed by atoms with Crippen molar-refractivity contribution in [1.82, 2.24) is 4.90 Å². The molecule has 4 heteroatoms. The Bertz CT molecular complexity index is 154. The normalized spacial score (nSPS) is 19.3. The number of amidine groups is 1. The van der Waals surface area contributed by atoms with Gasteiger partial charge in [-0.25, -0.2) is 0 Å². The summed E-state index contributed by atoms with van der Waals surface area (Å²) < 4.78 is 0. The van der Waals surface area contributed by atoms with Crippen LogP contribution in [0.3, 0.4) is 0 Å². The Kier molecular flexibility index (Phi) is 2.70. The summed E-state index contributed by atoms with van der Waals surface area (Å²) in [5.74, 6) is 1.14. The van der Waals surface area contributed by atoms with Gasteiger partial charge in [-0.05, 0) is 25.8 Å². The molecule has 1 fully saturated rings. The highest BCUT2D eigenvalue weighted by Gasteiger charge is 2.22. The van der Waals surface area contributed by atoms with Gasteiger partial charge < -0.3 is 10.9 Å². The first-order chi connectivity index (χ1) is 5.22. The summed E-state index contributed by atoms with van der Waals surface area (Å²) in [5, 5.41) is 11.2. The molecular weight excluding hydrogens is 142 g/mol. The summed E-state index contributed by atoms with van der Waals surface area (Å²) in [6.07, 6.45) is 2.67. The van der Waals surface area contributed by atoms with Gasteiger partial charge in [-0.2, -0.15) is 0 Å². The van der Waals surface area contributed by atoms with Gasteiger partial charge >= 0.3 is 0 Å². The van der Waals surface area contributed by atoms with Crippen molar-refractivity contribution in [3.8, 4) is 0 Å². The highest BCUT2D eigenvalue weighted by atomic mass is 16.4. The molecule has 0 aromatic carbocycles. The van der Waals surface area contributed by atoms with E-state index < -0.39 is 0 Å². The lowest BCUT2D eigenvalue weighted by Crippen LogP contribution is -2.32. The van der Waals surface area contributed by atoms with Crippen LogP contribution in [0.25, 0.3) is 0 Å². The van der Waals surface area contributed by atoms with Crippen LogP contribution in [-0.4, -0.2) is 36.1 Å². The lowest BCUT2D eigenvalue weighted by molar-refractivity contribution is 0.307. The topological polar surface area (TPSA) is 61.8 Å². The third-order valence-corrected chi connectivity index (χ3v) is 1.83. The van der Waals surface area contributed by atoms with Crippen LogP contribution in [0, 0.1) is 5.92 Å². The maximum absolute atomic E-state index is 8.27. The van der Waals surface area contributed by atoms with Crippen molar-refractivity contribution >= 4 is 5.84 Å². The number of hydrogen-bond donors (Lipinski definition) is 2. The summed E-state index contributed by atoms with van der Waals surface area (Å²) in [6.45, 7) is 1.63. The maximum atomic E-state index is 8.27. The Morgan fingerprint density at radius 3 is 2.82 bits per heavy atom. The van der Waals surface area contributed by atoms with Crippen molar-refractivity contribution in [1.29, 1.82) is 0 Å². The average Bonchev–Trinajstić information content (AvgIpc) is 2.71. The minimum atomic E-state index is 0.285. The van der Waals surface area contributed by atoms with Crippen molar-refractivity contribution in [2.24, 2.45) is 16.8 Å². The zero-order valence-corrected chi connectivity index (χ0v) is 6.82. The molecule has 1 saturated carbocycles. The average molecular weight is 157 g/mol. The van der Waals surface area contributed by atoms with Gasteiger partial charge in [0.2, 0.25) is 0 Å². The number of nitrogens with zero attached hydrogens (tertiary/aromatic N) is 2. The zero-order valence-electron chi connectivity index (χ0n) is 6.82. The second-order valence-corrected chi connectivity index (χ2v) is 3.23. The summed E-state index contributed by atoms with van der Waals surface area (Å²) in [6, 6.07) is 0. The number of nitrogens with two attached hydrogens (primary N) is 1. The lowest BCUT2D eigenvalue weighted by atomic mass is 10.4. The molecule has 64 valence electrons. The first-order valence-electron chi connectivity index (χ1n) is 3.87. The molecule has 0 aromatic heterocycles. The summed E-state index contributed by atoms with van der Waals surface area (Å²) in [7, 11) is 1.98. The number of oxime groups is 1. The van der Waals surface area contributed by atoms with Gasteiger partial charge in [0.05, 0.1) is 6.54 Å². The van der Waals surface area contributed by atoms with Crippen LogP contribution in [0.4, 0.5) is 0 Å². The molecule has 1 aliphatic carbocycles. The van der Waals surface area contributed by atoms with E-state index in [4.69, 9.17) is 10.9 Å². The van der Waals surface area contributed by atoms with E-state index in [2.05, 4.69) is 10.1 Å². The van der Waals surface area contributed by atoms with Crippen LogP contribution >= 0.6 is 0 Å². The summed E-state index contributed by atoms with van der Waals surface area (Å²) in [5.41, 5.74) is 5.33. The molecule has 0 aromatic rings. The van der Waals surface area contributed by atoms with E-state index in [1.807, 2.05) is 7.05 Å². The Balaban J connectivity index is 2.13. The Morgan fingerprint density at radius 2 is 2.36 bits per heavy atom. The zero-order chi connectivity index (χ0) is 8.27. The molecule has 1 rings (SSSR count). The number of rotatable bonds is 4. The molecule has 0 heterocycles. The number of hydrogen-bond acceptors (Lipinski definition) is 3. The van der Waals surface area contributed by atoms with Crippen LogP contribution in [0.2, 0.25) is 0 Å². The van der Waals surface area contributed by atoms with Gasteiger partial charge in [0.15, 0.2) is 5.84 Å². The fourth-order valence-corrected chi connectivity index (χ4v) is 1.11. The highest BCUT2D eigenvalue weighted by Crippen LogP contribution is 2.29. The van der Waals surface area contributed by atoms with E-state index in [1.54, 1.807) is 0 Å². The fourth-order valence-electron chi connectivity index (χ4n) is 1.11. The minimum Gasteiger partial charge on any atom is -0.409 e. The van der Waals surface area contributed by atoms with Crippen LogP contribution in [-0.2, 0) is 0 Å². The molecule has 0 radical (unpaired) electrons. The van der Waals surface area contributed by atoms with Gasteiger partial charge in [0.1, 0.15) is 0 Å². The second kappa shape index (κ2) is 3.57. The molecule has 0 amide bonds. The van der Waals surface area contributed by atoms with E-state index in [0.717, 1.165) is 12.5 Å². The molecule has 1 aliphatic rings. The predicted molar refractivity (Wildman–Crippen MR) is 43.6 cm³/mol. The molecule has 0 unspecified atom stereocenters. The third kappa shape index (κ3) is 3.23. The van der Waals surface area contributed by atoms with Crippen molar-refractivity contribution in [2.75, 3.05) is 20.1 Å². The Morgan fingerprint density at radius 1 is 1.73 bits per heavy atom. The van der Waals surface area contributed by atoms with Crippen LogP contribution < -0.4 is 5.73 Å². The van der Waals surface area contributed by atoms with Crippen molar-refractivity contribution in [3.63, 3.8) is 0 Å².